The van der Waals surface area contributed by atoms with E-state index in [0.29, 0.717) is 23.2 Å². The molecule has 0 radical (unpaired) electrons. The molecule has 2 rings (SSSR count). The Bertz CT molecular complexity index is 638. The van der Waals surface area contributed by atoms with E-state index in [2.05, 4.69) is 38.3 Å². The fraction of sp³-hybridized carbons (Fsp3) is 0.462. The van der Waals surface area contributed by atoms with E-state index in [4.69, 9.17) is 0 Å². The zero-order valence-electron chi connectivity index (χ0n) is 11.5. The third-order valence-electron chi connectivity index (χ3n) is 2.83. The molecule has 1 N–H and O–H groups in total. The Kier molecular flexibility index (Phi) is 5.31. The molecule has 7 heteroatoms. The van der Waals surface area contributed by atoms with Gasteiger partial charge in [0.25, 0.3) is 5.56 Å². The van der Waals surface area contributed by atoms with Gasteiger partial charge in [-0.25, -0.2) is 9.67 Å². The van der Waals surface area contributed by atoms with E-state index in [-0.39, 0.29) is 5.56 Å². The molecule has 0 atom stereocenters. The molecule has 0 aliphatic carbocycles. The van der Waals surface area contributed by atoms with Crippen LogP contribution in [0.5, 0.6) is 0 Å². The number of nitrogens with zero attached hydrogens (tertiary/aromatic N) is 3. The fourth-order valence-corrected chi connectivity index (χ4v) is 2.91. The highest BCUT2D eigenvalue weighted by atomic mass is 79.9. The zero-order valence-corrected chi connectivity index (χ0v) is 13.9. The Morgan fingerprint density at radius 2 is 2.25 bits per heavy atom. The summed E-state index contributed by atoms with van der Waals surface area (Å²) in [6.07, 6.45) is 5.52. The van der Waals surface area contributed by atoms with Crippen LogP contribution >= 0.6 is 27.3 Å². The van der Waals surface area contributed by atoms with Gasteiger partial charge in [0.2, 0.25) is 0 Å². The third-order valence-corrected chi connectivity index (χ3v) is 4.51. The highest BCUT2D eigenvalue weighted by Gasteiger charge is 2.08. The predicted octanol–water partition coefficient (Wildman–Crippen LogP) is 3.18. The van der Waals surface area contributed by atoms with Crippen molar-refractivity contribution < 1.29 is 0 Å². The fourth-order valence-electron chi connectivity index (χ4n) is 1.72. The van der Waals surface area contributed by atoms with E-state index >= 15 is 0 Å². The van der Waals surface area contributed by atoms with Crippen molar-refractivity contribution in [3.05, 3.63) is 37.1 Å². The van der Waals surface area contributed by atoms with Crippen LogP contribution in [0.2, 0.25) is 0 Å². The molecule has 0 unspecified atom stereocenters. The Morgan fingerprint density at radius 3 is 2.90 bits per heavy atom. The van der Waals surface area contributed by atoms with Crippen molar-refractivity contribution in [2.45, 2.75) is 39.8 Å². The molecule has 0 spiro atoms. The number of halogens is 1. The van der Waals surface area contributed by atoms with Crippen LogP contribution in [0.15, 0.2) is 21.7 Å². The average molecular weight is 357 g/mol. The van der Waals surface area contributed by atoms with E-state index < -0.39 is 0 Å². The highest BCUT2D eigenvalue weighted by Crippen LogP contribution is 2.19. The first-order valence-electron chi connectivity index (χ1n) is 6.52. The van der Waals surface area contributed by atoms with Crippen LogP contribution < -0.4 is 10.9 Å². The lowest BCUT2D eigenvalue weighted by Crippen LogP contribution is -2.24. The first-order valence-corrected chi connectivity index (χ1v) is 8.13. The van der Waals surface area contributed by atoms with Gasteiger partial charge in [-0.15, -0.1) is 11.3 Å². The summed E-state index contributed by atoms with van der Waals surface area (Å²) in [7, 11) is 0. The molecule has 0 fully saturated rings. The molecule has 0 aromatic carbocycles. The van der Waals surface area contributed by atoms with Crippen LogP contribution in [-0.2, 0) is 13.1 Å². The molecule has 0 saturated heterocycles. The van der Waals surface area contributed by atoms with Crippen LogP contribution in [0, 0.1) is 6.92 Å². The molecule has 2 heterocycles. The minimum absolute atomic E-state index is 0.0936. The third kappa shape index (κ3) is 3.67. The molecular formula is C13H17BrN4OS. The largest absolute Gasteiger partial charge is 0.378 e. The Morgan fingerprint density at radius 1 is 1.45 bits per heavy atom. The second-order valence-corrected chi connectivity index (χ2v) is 6.57. The average Bonchev–Trinajstić information content (AvgIpc) is 2.85. The summed E-state index contributed by atoms with van der Waals surface area (Å²) < 4.78 is 2.03. The number of hydrogen-bond donors (Lipinski definition) is 1. The maximum absolute atomic E-state index is 12.1. The smallest absolute Gasteiger partial charge is 0.283 e. The first-order chi connectivity index (χ1) is 9.61. The van der Waals surface area contributed by atoms with Crippen LogP contribution in [0.3, 0.4) is 0 Å². The quantitative estimate of drug-likeness (QED) is 0.863. The molecule has 0 bridgehead atoms. The Hall–Kier alpha value is -1.21. The van der Waals surface area contributed by atoms with E-state index in [9.17, 15) is 4.79 Å². The SMILES string of the molecule is CCCCn1ncc(NCc2cnc(C)s2)c(Br)c1=O. The highest BCUT2D eigenvalue weighted by molar-refractivity contribution is 9.10. The second-order valence-electron chi connectivity index (χ2n) is 4.45. The van der Waals surface area contributed by atoms with Crippen molar-refractivity contribution in [3.63, 3.8) is 0 Å². The summed E-state index contributed by atoms with van der Waals surface area (Å²) in [6.45, 7) is 5.36. The van der Waals surface area contributed by atoms with Gasteiger partial charge in [-0.1, -0.05) is 13.3 Å². The lowest BCUT2D eigenvalue weighted by molar-refractivity contribution is 0.541. The van der Waals surface area contributed by atoms with Crippen molar-refractivity contribution in [2.24, 2.45) is 0 Å². The standard InChI is InChI=1S/C13H17BrN4OS/c1-3-4-5-18-13(19)12(14)11(8-17-18)16-7-10-6-15-9(2)20-10/h6,8,16H,3-5,7H2,1-2H3. The number of unbranched alkanes of at least 4 members (excludes halogenated alkanes) is 1. The molecule has 0 aliphatic rings. The molecule has 20 heavy (non-hydrogen) atoms. The summed E-state index contributed by atoms with van der Waals surface area (Å²) >= 11 is 4.99. The van der Waals surface area contributed by atoms with Crippen molar-refractivity contribution in [2.75, 3.05) is 5.32 Å². The van der Waals surface area contributed by atoms with Crippen molar-refractivity contribution >= 4 is 33.0 Å². The zero-order chi connectivity index (χ0) is 14.5. The maximum atomic E-state index is 12.1. The lowest BCUT2D eigenvalue weighted by atomic mass is 10.3. The van der Waals surface area contributed by atoms with Crippen LogP contribution in [0.1, 0.15) is 29.7 Å². The molecule has 108 valence electrons. The Labute approximate surface area is 130 Å². The topological polar surface area (TPSA) is 59.8 Å². The van der Waals surface area contributed by atoms with E-state index in [1.54, 1.807) is 17.5 Å². The number of thiazole rings is 1. The molecule has 0 amide bonds. The lowest BCUT2D eigenvalue weighted by Gasteiger charge is -2.09. The van der Waals surface area contributed by atoms with Crippen molar-refractivity contribution in [1.29, 1.82) is 0 Å². The van der Waals surface area contributed by atoms with Gasteiger partial charge in [0.1, 0.15) is 4.47 Å². The van der Waals surface area contributed by atoms with E-state index in [1.807, 2.05) is 13.1 Å². The van der Waals surface area contributed by atoms with Gasteiger partial charge >= 0.3 is 0 Å². The number of hydrogen-bond acceptors (Lipinski definition) is 5. The van der Waals surface area contributed by atoms with Gasteiger partial charge in [0.05, 0.1) is 23.4 Å². The summed E-state index contributed by atoms with van der Waals surface area (Å²) in [5.74, 6) is 0. The Balaban J connectivity index is 2.09. The minimum Gasteiger partial charge on any atom is -0.378 e. The maximum Gasteiger partial charge on any atom is 0.283 e. The number of aromatic nitrogens is 3. The normalized spacial score (nSPS) is 10.8. The number of rotatable bonds is 6. The predicted molar refractivity (Wildman–Crippen MR) is 85.3 cm³/mol. The van der Waals surface area contributed by atoms with Gasteiger partial charge in [-0.2, -0.15) is 5.10 Å². The monoisotopic (exact) mass is 356 g/mol. The molecular weight excluding hydrogens is 340 g/mol. The number of anilines is 1. The van der Waals surface area contributed by atoms with Gasteiger partial charge < -0.3 is 5.32 Å². The second kappa shape index (κ2) is 6.99. The van der Waals surface area contributed by atoms with Gasteiger partial charge in [-0.3, -0.25) is 4.79 Å². The summed E-state index contributed by atoms with van der Waals surface area (Å²) in [5, 5.41) is 8.44. The summed E-state index contributed by atoms with van der Waals surface area (Å²) in [5.41, 5.74) is 0.623. The van der Waals surface area contributed by atoms with Crippen LogP contribution in [0.25, 0.3) is 0 Å². The number of nitrogens with one attached hydrogen (secondary N) is 1. The number of aryl methyl sites for hydroxylation is 2. The van der Waals surface area contributed by atoms with E-state index in [1.165, 1.54) is 4.68 Å². The van der Waals surface area contributed by atoms with Crippen molar-refractivity contribution in [3.8, 4) is 0 Å². The van der Waals surface area contributed by atoms with E-state index in [0.717, 1.165) is 22.7 Å². The summed E-state index contributed by atoms with van der Waals surface area (Å²) in [6, 6.07) is 0. The van der Waals surface area contributed by atoms with Crippen molar-refractivity contribution in [1.82, 2.24) is 14.8 Å². The first kappa shape index (κ1) is 15.2. The minimum atomic E-state index is -0.0936. The van der Waals surface area contributed by atoms with Gasteiger partial charge in [-0.05, 0) is 29.3 Å². The van der Waals surface area contributed by atoms with Crippen LogP contribution in [0.4, 0.5) is 5.69 Å². The van der Waals surface area contributed by atoms with Gasteiger partial charge in [0.15, 0.2) is 0 Å². The van der Waals surface area contributed by atoms with Gasteiger partial charge in [0, 0.05) is 17.6 Å². The molecule has 2 aromatic rings. The molecule has 0 aliphatic heterocycles. The molecule has 2 aromatic heterocycles. The molecule has 0 saturated carbocycles. The summed E-state index contributed by atoms with van der Waals surface area (Å²) in [4.78, 5) is 17.4. The van der Waals surface area contributed by atoms with Crippen LogP contribution in [-0.4, -0.2) is 14.8 Å². The molecule has 5 nitrogen and oxygen atoms in total.